The van der Waals surface area contributed by atoms with Gasteiger partial charge in [0.15, 0.2) is 5.78 Å². The SMILES string of the molecule is CCOC(=O)[C@H]1C(=O)C=C(c2ccco2)[C@@H]1c1ccccc1. The highest BCUT2D eigenvalue weighted by molar-refractivity contribution is 6.14. The fourth-order valence-electron chi connectivity index (χ4n) is 2.86. The smallest absolute Gasteiger partial charge is 0.317 e. The van der Waals surface area contributed by atoms with E-state index >= 15 is 0 Å². The molecule has 1 aliphatic rings. The van der Waals surface area contributed by atoms with Crippen molar-refractivity contribution in [2.24, 2.45) is 5.92 Å². The van der Waals surface area contributed by atoms with E-state index in [0.29, 0.717) is 5.76 Å². The van der Waals surface area contributed by atoms with Crippen LogP contribution in [0.15, 0.2) is 59.2 Å². The van der Waals surface area contributed by atoms with E-state index in [0.717, 1.165) is 11.1 Å². The Hall–Kier alpha value is -2.62. The van der Waals surface area contributed by atoms with E-state index in [1.54, 1.807) is 25.3 Å². The van der Waals surface area contributed by atoms with E-state index in [4.69, 9.17) is 9.15 Å². The molecule has 2 atom stereocenters. The van der Waals surface area contributed by atoms with Gasteiger partial charge in [-0.15, -0.1) is 0 Å². The number of rotatable bonds is 4. The molecule has 1 aliphatic carbocycles. The number of carbonyl (C=O) groups excluding carboxylic acids is 2. The predicted octanol–water partition coefficient (Wildman–Crippen LogP) is 3.21. The zero-order chi connectivity index (χ0) is 15.5. The van der Waals surface area contributed by atoms with Crippen molar-refractivity contribution < 1.29 is 18.7 Å². The standard InChI is InChI=1S/C18H16O4/c1-2-21-18(20)17-14(19)11-13(15-9-6-10-22-15)16(17)12-7-4-3-5-8-12/h3-11,16-17H,2H2,1H3/t16-,17-/m0/s1. The Kier molecular flexibility index (Phi) is 3.92. The summed E-state index contributed by atoms with van der Waals surface area (Å²) in [5.41, 5.74) is 1.62. The number of furan rings is 1. The molecule has 0 bridgehead atoms. The Balaban J connectivity index is 2.05. The van der Waals surface area contributed by atoms with Crippen LogP contribution in [0.2, 0.25) is 0 Å². The van der Waals surface area contributed by atoms with E-state index in [1.165, 1.54) is 6.08 Å². The largest absolute Gasteiger partial charge is 0.465 e. The van der Waals surface area contributed by atoms with Crippen molar-refractivity contribution in [2.75, 3.05) is 6.61 Å². The third-order valence-electron chi connectivity index (χ3n) is 3.78. The average Bonchev–Trinajstić information content (AvgIpc) is 3.15. The van der Waals surface area contributed by atoms with Crippen LogP contribution in [0, 0.1) is 5.92 Å². The molecule has 0 saturated heterocycles. The monoisotopic (exact) mass is 296 g/mol. The van der Waals surface area contributed by atoms with Gasteiger partial charge in [-0.2, -0.15) is 0 Å². The van der Waals surface area contributed by atoms with E-state index in [2.05, 4.69) is 0 Å². The molecular formula is C18H16O4. The van der Waals surface area contributed by atoms with Gasteiger partial charge in [0, 0.05) is 11.5 Å². The van der Waals surface area contributed by atoms with Gasteiger partial charge in [-0.25, -0.2) is 0 Å². The fourth-order valence-corrected chi connectivity index (χ4v) is 2.86. The van der Waals surface area contributed by atoms with Crippen LogP contribution < -0.4 is 0 Å². The maximum Gasteiger partial charge on any atom is 0.317 e. The number of hydrogen-bond donors (Lipinski definition) is 0. The van der Waals surface area contributed by atoms with Crippen molar-refractivity contribution in [3.63, 3.8) is 0 Å². The zero-order valence-electron chi connectivity index (χ0n) is 12.2. The molecule has 0 unspecified atom stereocenters. The Bertz CT molecular complexity index is 698. The normalized spacial score (nSPS) is 20.8. The highest BCUT2D eigenvalue weighted by atomic mass is 16.5. The van der Waals surface area contributed by atoms with Gasteiger partial charge < -0.3 is 9.15 Å². The predicted molar refractivity (Wildman–Crippen MR) is 81.0 cm³/mol. The molecule has 0 aliphatic heterocycles. The van der Waals surface area contributed by atoms with Crippen molar-refractivity contribution in [1.82, 2.24) is 0 Å². The third kappa shape index (κ3) is 2.48. The minimum Gasteiger partial charge on any atom is -0.465 e. The van der Waals surface area contributed by atoms with Crippen LogP contribution in [0.4, 0.5) is 0 Å². The van der Waals surface area contributed by atoms with Gasteiger partial charge >= 0.3 is 5.97 Å². The first kappa shape index (κ1) is 14.3. The number of ether oxygens (including phenoxy) is 1. The van der Waals surface area contributed by atoms with Gasteiger partial charge in [0.1, 0.15) is 11.7 Å². The maximum absolute atomic E-state index is 12.4. The minimum absolute atomic E-state index is 0.237. The van der Waals surface area contributed by atoms with Crippen molar-refractivity contribution in [3.05, 3.63) is 66.1 Å². The van der Waals surface area contributed by atoms with Crippen LogP contribution >= 0.6 is 0 Å². The summed E-state index contributed by atoms with van der Waals surface area (Å²) < 4.78 is 10.5. The second kappa shape index (κ2) is 6.02. The number of benzene rings is 1. The summed E-state index contributed by atoms with van der Waals surface area (Å²) >= 11 is 0. The Morgan fingerprint density at radius 2 is 1.95 bits per heavy atom. The molecule has 4 nitrogen and oxygen atoms in total. The molecule has 0 N–H and O–H groups in total. The van der Waals surface area contributed by atoms with Crippen molar-refractivity contribution >= 4 is 17.3 Å². The van der Waals surface area contributed by atoms with Crippen molar-refractivity contribution in [2.45, 2.75) is 12.8 Å². The molecule has 3 rings (SSSR count). The van der Waals surface area contributed by atoms with Crippen LogP contribution in [0.3, 0.4) is 0 Å². The van der Waals surface area contributed by atoms with E-state index < -0.39 is 11.9 Å². The highest BCUT2D eigenvalue weighted by Gasteiger charge is 2.44. The Morgan fingerprint density at radius 1 is 1.18 bits per heavy atom. The fraction of sp³-hybridized carbons (Fsp3) is 0.222. The number of carbonyl (C=O) groups is 2. The van der Waals surface area contributed by atoms with Crippen LogP contribution in [-0.4, -0.2) is 18.4 Å². The molecule has 0 fully saturated rings. The Morgan fingerprint density at radius 3 is 2.59 bits per heavy atom. The van der Waals surface area contributed by atoms with Crippen LogP contribution in [0.1, 0.15) is 24.2 Å². The molecule has 4 heteroatoms. The summed E-state index contributed by atoms with van der Waals surface area (Å²) in [5, 5.41) is 0. The second-order valence-electron chi connectivity index (χ2n) is 5.10. The lowest BCUT2D eigenvalue weighted by molar-refractivity contribution is -0.150. The highest BCUT2D eigenvalue weighted by Crippen LogP contribution is 2.44. The van der Waals surface area contributed by atoms with Gasteiger partial charge in [-0.05, 0) is 30.7 Å². The molecule has 22 heavy (non-hydrogen) atoms. The van der Waals surface area contributed by atoms with E-state index in [-0.39, 0.29) is 18.3 Å². The topological polar surface area (TPSA) is 56.5 Å². The van der Waals surface area contributed by atoms with Crippen LogP contribution in [0.5, 0.6) is 0 Å². The van der Waals surface area contributed by atoms with Crippen molar-refractivity contribution in [3.8, 4) is 0 Å². The third-order valence-corrected chi connectivity index (χ3v) is 3.78. The average molecular weight is 296 g/mol. The van der Waals surface area contributed by atoms with Gasteiger partial charge in [-0.3, -0.25) is 9.59 Å². The van der Waals surface area contributed by atoms with Gasteiger partial charge in [0.25, 0.3) is 0 Å². The summed E-state index contributed by atoms with van der Waals surface area (Å²) in [5.74, 6) is -1.34. The number of ketones is 1. The van der Waals surface area contributed by atoms with Gasteiger partial charge in [-0.1, -0.05) is 30.3 Å². The first-order valence-corrected chi connectivity index (χ1v) is 7.23. The van der Waals surface area contributed by atoms with Gasteiger partial charge in [0.2, 0.25) is 0 Å². The summed E-state index contributed by atoms with van der Waals surface area (Å²) in [6.07, 6.45) is 3.05. The molecule has 0 radical (unpaired) electrons. The van der Waals surface area contributed by atoms with Gasteiger partial charge in [0.05, 0.1) is 12.9 Å². The lowest BCUT2D eigenvalue weighted by atomic mass is 9.83. The molecular weight excluding hydrogens is 280 g/mol. The molecule has 1 aromatic carbocycles. The Labute approximate surface area is 128 Å². The number of esters is 1. The molecule has 0 saturated carbocycles. The summed E-state index contributed by atoms with van der Waals surface area (Å²) in [6, 6.07) is 13.1. The number of allylic oxidation sites excluding steroid dienone is 2. The first-order chi connectivity index (χ1) is 10.7. The molecule has 2 aromatic rings. The molecule has 1 aromatic heterocycles. The van der Waals surface area contributed by atoms with Crippen molar-refractivity contribution in [1.29, 1.82) is 0 Å². The van der Waals surface area contributed by atoms with Crippen LogP contribution in [-0.2, 0) is 14.3 Å². The second-order valence-corrected chi connectivity index (χ2v) is 5.10. The lowest BCUT2D eigenvalue weighted by Gasteiger charge is -2.20. The summed E-state index contributed by atoms with van der Waals surface area (Å²) in [4.78, 5) is 24.6. The zero-order valence-corrected chi connectivity index (χ0v) is 12.2. The van der Waals surface area contributed by atoms with E-state index in [1.807, 2.05) is 30.3 Å². The quantitative estimate of drug-likeness (QED) is 0.642. The van der Waals surface area contributed by atoms with E-state index in [9.17, 15) is 9.59 Å². The summed E-state index contributed by atoms with van der Waals surface area (Å²) in [7, 11) is 0. The maximum atomic E-state index is 12.4. The molecule has 0 amide bonds. The molecule has 0 spiro atoms. The molecule has 1 heterocycles. The van der Waals surface area contributed by atoms with Crippen LogP contribution in [0.25, 0.3) is 5.57 Å². The minimum atomic E-state index is -0.845. The first-order valence-electron chi connectivity index (χ1n) is 7.23. The number of hydrogen-bond acceptors (Lipinski definition) is 4. The summed E-state index contributed by atoms with van der Waals surface area (Å²) in [6.45, 7) is 1.98. The molecule has 112 valence electrons. The lowest BCUT2D eigenvalue weighted by Crippen LogP contribution is -2.27.